The smallest absolute Gasteiger partial charge is 0.254 e. The van der Waals surface area contributed by atoms with Gasteiger partial charge in [-0.3, -0.25) is 4.79 Å². The molecule has 0 heterocycles. The quantitative estimate of drug-likeness (QED) is 0.916. The van der Waals surface area contributed by atoms with Crippen molar-refractivity contribution in [2.24, 2.45) is 5.92 Å². The molecule has 1 amide bonds. The molecule has 2 atom stereocenters. The summed E-state index contributed by atoms with van der Waals surface area (Å²) < 4.78 is 0.823. The number of carbonyl (C=O) groups excluding carboxylic acids is 1. The summed E-state index contributed by atoms with van der Waals surface area (Å²) in [7, 11) is 1.82. The van der Waals surface area contributed by atoms with Gasteiger partial charge in [0, 0.05) is 24.0 Å². The van der Waals surface area contributed by atoms with Crippen LogP contribution in [0.3, 0.4) is 0 Å². The fourth-order valence-corrected chi connectivity index (χ4v) is 3.26. The Bertz CT molecular complexity index is 489. The van der Waals surface area contributed by atoms with Gasteiger partial charge in [0.25, 0.3) is 5.91 Å². The first-order chi connectivity index (χ1) is 9.49. The van der Waals surface area contributed by atoms with Crippen molar-refractivity contribution in [3.63, 3.8) is 0 Å². The molecule has 1 N–H and O–H groups in total. The van der Waals surface area contributed by atoms with Crippen LogP contribution in [0, 0.1) is 12.8 Å². The van der Waals surface area contributed by atoms with E-state index in [2.05, 4.69) is 15.9 Å². The number of hydrogen-bond donors (Lipinski definition) is 1. The maximum atomic E-state index is 12.5. The lowest BCUT2D eigenvalue weighted by molar-refractivity contribution is 0.0450. The predicted molar refractivity (Wildman–Crippen MR) is 83.8 cm³/mol. The summed E-state index contributed by atoms with van der Waals surface area (Å²) in [5.74, 6) is 0.222. The highest BCUT2D eigenvalue weighted by Gasteiger charge is 2.26. The van der Waals surface area contributed by atoms with Gasteiger partial charge >= 0.3 is 0 Å². The minimum atomic E-state index is -0.264. The minimum Gasteiger partial charge on any atom is -0.393 e. The van der Waals surface area contributed by atoms with Crippen LogP contribution in [0.15, 0.2) is 22.7 Å². The number of aryl methyl sites for hydroxylation is 1. The number of amides is 1. The summed E-state index contributed by atoms with van der Waals surface area (Å²) in [6.07, 6.45) is 3.85. The predicted octanol–water partition coefficient (Wildman–Crippen LogP) is 3.38. The molecule has 1 fully saturated rings. The Morgan fingerprint density at radius 1 is 1.40 bits per heavy atom. The minimum absolute atomic E-state index is 0.0124. The molecule has 2 unspecified atom stereocenters. The van der Waals surface area contributed by atoms with Gasteiger partial charge in [-0.2, -0.15) is 0 Å². The van der Waals surface area contributed by atoms with Crippen LogP contribution in [0.5, 0.6) is 0 Å². The van der Waals surface area contributed by atoms with Crippen LogP contribution in [0.4, 0.5) is 0 Å². The van der Waals surface area contributed by atoms with Gasteiger partial charge in [-0.05, 0) is 47.8 Å². The third kappa shape index (κ3) is 3.61. The fraction of sp³-hybridized carbons (Fsp3) is 0.562. The van der Waals surface area contributed by atoms with Crippen molar-refractivity contribution in [1.82, 2.24) is 4.90 Å². The highest BCUT2D eigenvalue weighted by Crippen LogP contribution is 2.26. The summed E-state index contributed by atoms with van der Waals surface area (Å²) in [6.45, 7) is 2.61. The van der Waals surface area contributed by atoms with E-state index >= 15 is 0 Å². The fourth-order valence-electron chi connectivity index (χ4n) is 2.84. The van der Waals surface area contributed by atoms with Gasteiger partial charge < -0.3 is 10.0 Å². The monoisotopic (exact) mass is 339 g/mol. The maximum Gasteiger partial charge on any atom is 0.254 e. The average Bonchev–Trinajstić information content (AvgIpc) is 2.43. The lowest BCUT2D eigenvalue weighted by atomic mass is 9.86. The summed E-state index contributed by atoms with van der Waals surface area (Å²) in [6, 6.07) is 5.79. The Hall–Kier alpha value is -0.870. The van der Waals surface area contributed by atoms with E-state index in [9.17, 15) is 9.90 Å². The molecule has 1 aromatic carbocycles. The summed E-state index contributed by atoms with van der Waals surface area (Å²) >= 11 is 3.44. The molecule has 3 nitrogen and oxygen atoms in total. The first-order valence-electron chi connectivity index (χ1n) is 7.18. The third-order valence-corrected chi connectivity index (χ3v) is 4.77. The molecule has 1 aromatic rings. The van der Waals surface area contributed by atoms with Crippen molar-refractivity contribution in [3.8, 4) is 0 Å². The maximum absolute atomic E-state index is 12.5. The van der Waals surface area contributed by atoms with E-state index in [-0.39, 0.29) is 17.9 Å². The molecular weight excluding hydrogens is 318 g/mol. The number of nitrogens with zero attached hydrogens (tertiary/aromatic N) is 1. The van der Waals surface area contributed by atoms with E-state index in [1.165, 1.54) is 0 Å². The van der Waals surface area contributed by atoms with Crippen LogP contribution in [-0.2, 0) is 0 Å². The lowest BCUT2D eigenvalue weighted by Crippen LogP contribution is -2.38. The molecule has 0 aliphatic heterocycles. The standard InChI is InChI=1S/C16H22BrNO2/c1-11-7-8-14(17)13(9-11)16(20)18(2)10-12-5-3-4-6-15(12)19/h7-9,12,15,19H,3-6,10H2,1-2H3. The van der Waals surface area contributed by atoms with Gasteiger partial charge in [0.15, 0.2) is 0 Å². The van der Waals surface area contributed by atoms with E-state index < -0.39 is 0 Å². The zero-order valence-electron chi connectivity index (χ0n) is 12.1. The van der Waals surface area contributed by atoms with E-state index in [1.54, 1.807) is 4.90 Å². The molecule has 0 spiro atoms. The van der Waals surface area contributed by atoms with Crippen LogP contribution in [-0.4, -0.2) is 35.6 Å². The van der Waals surface area contributed by atoms with Crippen LogP contribution < -0.4 is 0 Å². The molecule has 1 saturated carbocycles. The summed E-state index contributed by atoms with van der Waals surface area (Å²) in [5, 5.41) is 10.0. The Morgan fingerprint density at radius 2 is 2.10 bits per heavy atom. The van der Waals surface area contributed by atoms with Crippen molar-refractivity contribution >= 4 is 21.8 Å². The van der Waals surface area contributed by atoms with Crippen LogP contribution in [0.2, 0.25) is 0 Å². The topological polar surface area (TPSA) is 40.5 Å². The second kappa shape index (κ2) is 6.72. The number of benzene rings is 1. The van der Waals surface area contributed by atoms with Crippen molar-refractivity contribution in [2.45, 2.75) is 38.7 Å². The summed E-state index contributed by atoms with van der Waals surface area (Å²) in [4.78, 5) is 14.2. The molecule has 0 radical (unpaired) electrons. The number of aliphatic hydroxyl groups is 1. The van der Waals surface area contributed by atoms with E-state index in [4.69, 9.17) is 0 Å². The Labute approximate surface area is 129 Å². The first kappa shape index (κ1) is 15.5. The molecule has 0 bridgehead atoms. The van der Waals surface area contributed by atoms with Crippen molar-refractivity contribution < 1.29 is 9.90 Å². The lowest BCUT2D eigenvalue weighted by Gasteiger charge is -2.31. The van der Waals surface area contributed by atoms with Gasteiger partial charge in [-0.15, -0.1) is 0 Å². The zero-order chi connectivity index (χ0) is 14.7. The molecular formula is C16H22BrNO2. The molecule has 1 aliphatic carbocycles. The third-order valence-electron chi connectivity index (χ3n) is 4.08. The highest BCUT2D eigenvalue weighted by molar-refractivity contribution is 9.10. The molecule has 110 valence electrons. The van der Waals surface area contributed by atoms with Crippen molar-refractivity contribution in [1.29, 1.82) is 0 Å². The van der Waals surface area contributed by atoms with Crippen molar-refractivity contribution in [3.05, 3.63) is 33.8 Å². The van der Waals surface area contributed by atoms with Crippen LogP contribution >= 0.6 is 15.9 Å². The second-order valence-corrected chi connectivity index (χ2v) is 6.64. The van der Waals surface area contributed by atoms with Gasteiger partial charge in [-0.1, -0.05) is 24.5 Å². The Morgan fingerprint density at radius 3 is 2.80 bits per heavy atom. The normalized spacial score (nSPS) is 22.6. The molecule has 0 saturated heterocycles. The number of hydrogen-bond acceptors (Lipinski definition) is 2. The first-order valence-corrected chi connectivity index (χ1v) is 7.98. The number of aliphatic hydroxyl groups excluding tert-OH is 1. The largest absolute Gasteiger partial charge is 0.393 e. The molecule has 2 rings (SSSR count). The van der Waals surface area contributed by atoms with Gasteiger partial charge in [-0.25, -0.2) is 0 Å². The second-order valence-electron chi connectivity index (χ2n) is 5.78. The molecule has 20 heavy (non-hydrogen) atoms. The van der Waals surface area contributed by atoms with E-state index in [1.807, 2.05) is 32.2 Å². The van der Waals surface area contributed by atoms with E-state index in [0.717, 1.165) is 35.7 Å². The average molecular weight is 340 g/mol. The van der Waals surface area contributed by atoms with E-state index in [0.29, 0.717) is 12.1 Å². The summed E-state index contributed by atoms with van der Waals surface area (Å²) in [5.41, 5.74) is 1.76. The van der Waals surface area contributed by atoms with Crippen LogP contribution in [0.25, 0.3) is 0 Å². The van der Waals surface area contributed by atoms with Gasteiger partial charge in [0.2, 0.25) is 0 Å². The Kier molecular flexibility index (Phi) is 5.22. The number of carbonyl (C=O) groups is 1. The number of halogens is 1. The van der Waals surface area contributed by atoms with Gasteiger partial charge in [0.1, 0.15) is 0 Å². The molecule has 1 aliphatic rings. The number of rotatable bonds is 3. The highest BCUT2D eigenvalue weighted by atomic mass is 79.9. The van der Waals surface area contributed by atoms with Crippen LogP contribution in [0.1, 0.15) is 41.6 Å². The Balaban J connectivity index is 2.06. The van der Waals surface area contributed by atoms with Gasteiger partial charge in [0.05, 0.1) is 11.7 Å². The molecule has 4 heteroatoms. The SMILES string of the molecule is Cc1ccc(Br)c(C(=O)N(C)CC2CCCCC2O)c1. The molecule has 0 aromatic heterocycles. The zero-order valence-corrected chi connectivity index (χ0v) is 13.7. The van der Waals surface area contributed by atoms with Crippen molar-refractivity contribution in [2.75, 3.05) is 13.6 Å².